The van der Waals surface area contributed by atoms with Crippen LogP contribution in [0.5, 0.6) is 11.5 Å². The Bertz CT molecular complexity index is 1400. The predicted octanol–water partition coefficient (Wildman–Crippen LogP) is 6.03. The lowest BCUT2D eigenvalue weighted by Gasteiger charge is -2.20. The number of hydrogen-bond acceptors (Lipinski definition) is 6. The van der Waals surface area contributed by atoms with Gasteiger partial charge in [-0.05, 0) is 42.0 Å². The van der Waals surface area contributed by atoms with Gasteiger partial charge in [0.15, 0.2) is 11.5 Å². The SMILES string of the molecule is COc1ccc(Nc2ncc3c(n2)-c2ccc(Cl)cc2C(c2c(F)cccc2F)NC3)cc1OC. The van der Waals surface area contributed by atoms with E-state index in [0.717, 1.165) is 5.56 Å². The molecular formula is C26H21ClF2N4O2. The van der Waals surface area contributed by atoms with E-state index in [-0.39, 0.29) is 5.56 Å². The molecule has 35 heavy (non-hydrogen) atoms. The van der Waals surface area contributed by atoms with Gasteiger partial charge < -0.3 is 20.1 Å². The first-order valence-electron chi connectivity index (χ1n) is 10.8. The highest BCUT2D eigenvalue weighted by Crippen LogP contribution is 2.39. The number of rotatable bonds is 5. The average Bonchev–Trinajstić information content (AvgIpc) is 3.00. The smallest absolute Gasteiger partial charge is 0.227 e. The zero-order valence-electron chi connectivity index (χ0n) is 18.9. The number of benzene rings is 3. The molecule has 3 aromatic carbocycles. The number of ether oxygens (including phenoxy) is 2. The van der Waals surface area contributed by atoms with Crippen molar-refractivity contribution in [1.82, 2.24) is 15.3 Å². The summed E-state index contributed by atoms with van der Waals surface area (Å²) in [6.45, 7) is 0.302. The van der Waals surface area contributed by atoms with Gasteiger partial charge in [0.05, 0.1) is 26.0 Å². The summed E-state index contributed by atoms with van der Waals surface area (Å²) in [5.41, 5.74) is 3.39. The summed E-state index contributed by atoms with van der Waals surface area (Å²) in [7, 11) is 3.13. The van der Waals surface area contributed by atoms with Crippen LogP contribution >= 0.6 is 11.6 Å². The Morgan fingerprint density at radius 1 is 1.00 bits per heavy atom. The Morgan fingerprint density at radius 3 is 2.51 bits per heavy atom. The summed E-state index contributed by atoms with van der Waals surface area (Å²) in [5, 5.41) is 6.88. The molecule has 1 aromatic heterocycles. The molecule has 1 unspecified atom stereocenters. The van der Waals surface area contributed by atoms with Gasteiger partial charge in [0.2, 0.25) is 5.95 Å². The van der Waals surface area contributed by atoms with Crippen LogP contribution < -0.4 is 20.1 Å². The van der Waals surface area contributed by atoms with Gasteiger partial charge in [0.1, 0.15) is 11.6 Å². The fourth-order valence-electron chi connectivity index (χ4n) is 4.23. The normalized spacial score (nSPS) is 14.5. The number of fused-ring (bicyclic) bond motifs is 3. The van der Waals surface area contributed by atoms with Gasteiger partial charge in [0, 0.05) is 46.2 Å². The second kappa shape index (κ2) is 9.48. The van der Waals surface area contributed by atoms with Crippen molar-refractivity contribution in [1.29, 1.82) is 0 Å². The molecule has 0 saturated carbocycles. The van der Waals surface area contributed by atoms with E-state index < -0.39 is 17.7 Å². The molecule has 0 saturated heterocycles. The van der Waals surface area contributed by atoms with E-state index in [0.29, 0.717) is 51.5 Å². The Labute approximate surface area is 205 Å². The van der Waals surface area contributed by atoms with E-state index in [2.05, 4.69) is 15.6 Å². The molecule has 0 fully saturated rings. The standard InChI is InChI=1S/C26H21ClF2N4O2/c1-34-21-9-7-16(11-22(21)35-2)32-26-31-13-14-12-30-25(23-19(28)4-3-5-20(23)29)18-10-15(27)6-8-17(18)24(14)33-26/h3-11,13,25,30H,12H2,1-2H3,(H,31,32,33). The maximum Gasteiger partial charge on any atom is 0.227 e. The second-order valence-corrected chi connectivity index (χ2v) is 8.38. The van der Waals surface area contributed by atoms with Crippen LogP contribution in [0.4, 0.5) is 20.4 Å². The van der Waals surface area contributed by atoms with Crippen LogP contribution in [0.2, 0.25) is 5.02 Å². The molecule has 2 N–H and O–H groups in total. The fourth-order valence-corrected chi connectivity index (χ4v) is 4.41. The van der Waals surface area contributed by atoms with E-state index in [1.54, 1.807) is 44.7 Å². The quantitative estimate of drug-likeness (QED) is 0.353. The molecule has 5 rings (SSSR count). The average molecular weight is 495 g/mol. The zero-order valence-corrected chi connectivity index (χ0v) is 19.7. The number of methoxy groups -OCH3 is 2. The zero-order chi connectivity index (χ0) is 24.5. The Balaban J connectivity index is 1.58. The number of nitrogens with zero attached hydrogens (tertiary/aromatic N) is 2. The van der Waals surface area contributed by atoms with Crippen LogP contribution in [0.1, 0.15) is 22.7 Å². The van der Waals surface area contributed by atoms with Gasteiger partial charge in [-0.3, -0.25) is 0 Å². The van der Waals surface area contributed by atoms with Crippen molar-refractivity contribution in [3.8, 4) is 22.8 Å². The Morgan fingerprint density at radius 2 is 1.77 bits per heavy atom. The Kier molecular flexibility index (Phi) is 6.23. The highest BCUT2D eigenvalue weighted by atomic mass is 35.5. The van der Waals surface area contributed by atoms with Crippen molar-refractivity contribution < 1.29 is 18.3 Å². The summed E-state index contributed by atoms with van der Waals surface area (Å²) < 4.78 is 40.1. The molecular weight excluding hydrogens is 474 g/mol. The molecule has 4 aromatic rings. The first-order valence-corrected chi connectivity index (χ1v) is 11.2. The molecule has 0 aliphatic carbocycles. The molecule has 0 bridgehead atoms. The van der Waals surface area contributed by atoms with Gasteiger partial charge in [-0.1, -0.05) is 23.7 Å². The molecule has 0 amide bonds. The lowest BCUT2D eigenvalue weighted by Crippen LogP contribution is -2.23. The summed E-state index contributed by atoms with van der Waals surface area (Å²) in [4.78, 5) is 9.19. The molecule has 0 spiro atoms. The molecule has 1 aliphatic rings. The monoisotopic (exact) mass is 494 g/mol. The maximum atomic E-state index is 14.7. The molecule has 178 valence electrons. The number of aromatic nitrogens is 2. The van der Waals surface area contributed by atoms with Gasteiger partial charge in [-0.25, -0.2) is 18.7 Å². The third-order valence-electron chi connectivity index (χ3n) is 5.87. The van der Waals surface area contributed by atoms with Crippen molar-refractivity contribution in [2.75, 3.05) is 19.5 Å². The number of hydrogen-bond donors (Lipinski definition) is 2. The van der Waals surface area contributed by atoms with E-state index in [4.69, 9.17) is 26.1 Å². The van der Waals surface area contributed by atoms with Crippen molar-refractivity contribution in [2.45, 2.75) is 12.6 Å². The molecule has 1 aliphatic heterocycles. The third-order valence-corrected chi connectivity index (χ3v) is 6.10. The molecule has 2 heterocycles. The minimum Gasteiger partial charge on any atom is -0.493 e. The van der Waals surface area contributed by atoms with Crippen LogP contribution in [-0.4, -0.2) is 24.2 Å². The van der Waals surface area contributed by atoms with Crippen LogP contribution in [-0.2, 0) is 6.54 Å². The fraction of sp³-hybridized carbons (Fsp3) is 0.154. The molecule has 6 nitrogen and oxygen atoms in total. The molecule has 0 radical (unpaired) electrons. The Hall–Kier alpha value is -3.75. The van der Waals surface area contributed by atoms with Crippen molar-refractivity contribution in [3.63, 3.8) is 0 Å². The van der Waals surface area contributed by atoms with Gasteiger partial charge in [-0.15, -0.1) is 0 Å². The number of nitrogens with one attached hydrogen (secondary N) is 2. The minimum atomic E-state index is -0.763. The van der Waals surface area contributed by atoms with Gasteiger partial charge in [-0.2, -0.15) is 0 Å². The van der Waals surface area contributed by atoms with Crippen molar-refractivity contribution in [2.24, 2.45) is 0 Å². The minimum absolute atomic E-state index is 0.0690. The summed E-state index contributed by atoms with van der Waals surface area (Å²) in [6, 6.07) is 13.7. The van der Waals surface area contributed by atoms with Crippen molar-refractivity contribution in [3.05, 3.63) is 94.1 Å². The van der Waals surface area contributed by atoms with E-state index in [9.17, 15) is 8.78 Å². The lowest BCUT2D eigenvalue weighted by molar-refractivity contribution is 0.355. The van der Waals surface area contributed by atoms with Gasteiger partial charge in [0.25, 0.3) is 0 Å². The number of anilines is 2. The lowest BCUT2D eigenvalue weighted by atomic mass is 9.93. The van der Waals surface area contributed by atoms with Crippen LogP contribution in [0.15, 0.2) is 60.8 Å². The highest BCUT2D eigenvalue weighted by molar-refractivity contribution is 6.30. The van der Waals surface area contributed by atoms with Crippen LogP contribution in [0.3, 0.4) is 0 Å². The largest absolute Gasteiger partial charge is 0.493 e. The maximum absolute atomic E-state index is 14.7. The van der Waals surface area contributed by atoms with Crippen LogP contribution in [0.25, 0.3) is 11.3 Å². The van der Waals surface area contributed by atoms with Crippen LogP contribution in [0, 0.1) is 11.6 Å². The summed E-state index contributed by atoms with van der Waals surface area (Å²) in [5.74, 6) is 0.241. The molecule has 9 heteroatoms. The topological polar surface area (TPSA) is 68.3 Å². The highest BCUT2D eigenvalue weighted by Gasteiger charge is 2.29. The van der Waals surface area contributed by atoms with E-state index in [1.165, 1.54) is 18.2 Å². The van der Waals surface area contributed by atoms with E-state index in [1.807, 2.05) is 12.1 Å². The summed E-state index contributed by atoms with van der Waals surface area (Å²) >= 11 is 6.30. The second-order valence-electron chi connectivity index (χ2n) is 7.94. The first kappa shape index (κ1) is 23.0. The summed E-state index contributed by atoms with van der Waals surface area (Å²) in [6.07, 6.45) is 1.69. The van der Waals surface area contributed by atoms with E-state index >= 15 is 0 Å². The number of halogens is 3. The first-order chi connectivity index (χ1) is 17.0. The predicted molar refractivity (Wildman–Crippen MR) is 130 cm³/mol. The molecule has 1 atom stereocenters. The third kappa shape index (κ3) is 4.38. The van der Waals surface area contributed by atoms with Gasteiger partial charge >= 0.3 is 0 Å². The van der Waals surface area contributed by atoms with Crippen molar-refractivity contribution >= 4 is 23.2 Å².